The Bertz CT molecular complexity index is 663. The van der Waals surface area contributed by atoms with E-state index in [9.17, 15) is 4.79 Å². The highest BCUT2D eigenvalue weighted by Gasteiger charge is 2.22. The van der Waals surface area contributed by atoms with Crippen molar-refractivity contribution in [3.05, 3.63) is 28.7 Å². The molecule has 1 N–H and O–H groups in total. The van der Waals surface area contributed by atoms with Gasteiger partial charge in [-0.2, -0.15) is 4.80 Å². The first-order valence-electron chi connectivity index (χ1n) is 7.99. The van der Waals surface area contributed by atoms with Crippen LogP contribution in [0.15, 0.2) is 28.7 Å². The van der Waals surface area contributed by atoms with E-state index in [0.717, 1.165) is 22.9 Å². The molecule has 122 valence electrons. The molecule has 1 amide bonds. The van der Waals surface area contributed by atoms with Crippen LogP contribution in [0.25, 0.3) is 11.4 Å². The lowest BCUT2D eigenvalue weighted by Crippen LogP contribution is -2.40. The van der Waals surface area contributed by atoms with E-state index in [1.165, 1.54) is 24.1 Å². The van der Waals surface area contributed by atoms with Gasteiger partial charge >= 0.3 is 0 Å². The lowest BCUT2D eigenvalue weighted by molar-refractivity contribution is -0.125. The quantitative estimate of drug-likeness (QED) is 0.888. The highest BCUT2D eigenvalue weighted by molar-refractivity contribution is 9.10. The fraction of sp³-hybridized carbons (Fsp3) is 0.500. The van der Waals surface area contributed by atoms with Crippen molar-refractivity contribution < 1.29 is 4.79 Å². The molecule has 0 unspecified atom stereocenters. The van der Waals surface area contributed by atoms with Crippen LogP contribution in [-0.2, 0) is 4.79 Å². The summed E-state index contributed by atoms with van der Waals surface area (Å²) in [5.41, 5.74) is 0.874. The number of carbonyl (C=O) groups excluding carboxylic acids is 1. The average Bonchev–Trinajstić information content (AvgIpc) is 3.05. The third-order valence-corrected chi connectivity index (χ3v) is 4.74. The highest BCUT2D eigenvalue weighted by Crippen LogP contribution is 2.19. The summed E-state index contributed by atoms with van der Waals surface area (Å²) < 4.78 is 0.994. The molecule has 1 atom stereocenters. The van der Waals surface area contributed by atoms with Crippen molar-refractivity contribution >= 4 is 21.8 Å². The van der Waals surface area contributed by atoms with Gasteiger partial charge in [-0.1, -0.05) is 35.2 Å². The number of halogens is 1. The van der Waals surface area contributed by atoms with E-state index in [4.69, 9.17) is 0 Å². The summed E-state index contributed by atoms with van der Waals surface area (Å²) in [6.07, 6.45) is 5.77. The molecule has 6 nitrogen and oxygen atoms in total. The Balaban J connectivity index is 1.66. The number of nitrogens with zero attached hydrogens (tertiary/aromatic N) is 4. The number of hydrogen-bond acceptors (Lipinski definition) is 4. The molecule has 0 saturated heterocycles. The molecule has 0 bridgehead atoms. The molecule has 1 aliphatic rings. The Morgan fingerprint density at radius 1 is 1.26 bits per heavy atom. The second kappa shape index (κ2) is 7.21. The number of aromatic nitrogens is 4. The topological polar surface area (TPSA) is 72.7 Å². The molecule has 1 heterocycles. The minimum absolute atomic E-state index is 0.0448. The average molecular weight is 378 g/mol. The number of rotatable bonds is 4. The normalized spacial score (nSPS) is 17.0. The van der Waals surface area contributed by atoms with Crippen LogP contribution in [0.1, 0.15) is 45.1 Å². The Morgan fingerprint density at radius 2 is 1.96 bits per heavy atom. The summed E-state index contributed by atoms with van der Waals surface area (Å²) in [4.78, 5) is 13.7. The summed E-state index contributed by atoms with van der Waals surface area (Å²) in [5, 5.41) is 15.5. The molecular weight excluding hydrogens is 358 g/mol. The standard InChI is InChI=1S/C16H20BrN5O/c1-11(16(23)18-14-5-3-2-4-6-14)22-20-15(19-21-22)12-7-9-13(17)10-8-12/h7-11,14H,2-6H2,1H3,(H,18,23)/t11-/m0/s1. The zero-order chi connectivity index (χ0) is 16.2. The molecule has 1 fully saturated rings. The van der Waals surface area contributed by atoms with Crippen LogP contribution in [0.4, 0.5) is 0 Å². The van der Waals surface area contributed by atoms with E-state index in [1.54, 1.807) is 6.92 Å². The van der Waals surface area contributed by atoms with Gasteiger partial charge in [0.2, 0.25) is 11.7 Å². The van der Waals surface area contributed by atoms with Crippen LogP contribution in [0.3, 0.4) is 0 Å². The molecule has 1 aromatic heterocycles. The fourth-order valence-electron chi connectivity index (χ4n) is 2.78. The first-order chi connectivity index (χ1) is 11.1. The number of hydrogen-bond donors (Lipinski definition) is 1. The van der Waals surface area contributed by atoms with Crippen LogP contribution in [0.2, 0.25) is 0 Å². The van der Waals surface area contributed by atoms with E-state index >= 15 is 0 Å². The van der Waals surface area contributed by atoms with Crippen LogP contribution in [0.5, 0.6) is 0 Å². The number of tetrazole rings is 1. The summed E-state index contributed by atoms with van der Waals surface area (Å²) in [5.74, 6) is 0.478. The van der Waals surface area contributed by atoms with Gasteiger partial charge in [-0.15, -0.1) is 10.2 Å². The van der Waals surface area contributed by atoms with Crippen LogP contribution >= 0.6 is 15.9 Å². The molecule has 1 aliphatic carbocycles. The summed E-state index contributed by atoms with van der Waals surface area (Å²) in [6, 6.07) is 7.50. The van der Waals surface area contributed by atoms with Gasteiger partial charge in [-0.3, -0.25) is 4.79 Å². The highest BCUT2D eigenvalue weighted by atomic mass is 79.9. The molecule has 1 saturated carbocycles. The van der Waals surface area contributed by atoms with Crippen molar-refractivity contribution in [2.75, 3.05) is 0 Å². The fourth-order valence-corrected chi connectivity index (χ4v) is 3.04. The molecule has 1 aromatic carbocycles. The first-order valence-corrected chi connectivity index (χ1v) is 8.78. The largest absolute Gasteiger partial charge is 0.351 e. The molecular formula is C16H20BrN5O. The van der Waals surface area contributed by atoms with Gasteiger partial charge in [0.1, 0.15) is 6.04 Å². The maximum Gasteiger partial charge on any atom is 0.246 e. The summed E-state index contributed by atoms with van der Waals surface area (Å²) in [7, 11) is 0. The van der Waals surface area contributed by atoms with Gasteiger partial charge < -0.3 is 5.32 Å². The monoisotopic (exact) mass is 377 g/mol. The maximum atomic E-state index is 12.4. The van der Waals surface area contributed by atoms with E-state index in [-0.39, 0.29) is 11.9 Å². The van der Waals surface area contributed by atoms with Crippen molar-refractivity contribution in [1.29, 1.82) is 0 Å². The van der Waals surface area contributed by atoms with Crippen molar-refractivity contribution in [3.8, 4) is 11.4 Å². The molecule has 0 spiro atoms. The third-order valence-electron chi connectivity index (χ3n) is 4.21. The third kappa shape index (κ3) is 3.96. The number of benzene rings is 1. The summed E-state index contributed by atoms with van der Waals surface area (Å²) >= 11 is 3.40. The Labute approximate surface area is 143 Å². The van der Waals surface area contributed by atoms with E-state index in [0.29, 0.717) is 5.82 Å². The van der Waals surface area contributed by atoms with Crippen LogP contribution < -0.4 is 5.32 Å². The summed E-state index contributed by atoms with van der Waals surface area (Å²) in [6.45, 7) is 1.80. The number of amides is 1. The lowest BCUT2D eigenvalue weighted by Gasteiger charge is -2.24. The lowest BCUT2D eigenvalue weighted by atomic mass is 9.95. The Kier molecular flexibility index (Phi) is 5.05. The smallest absolute Gasteiger partial charge is 0.246 e. The second-order valence-corrected chi connectivity index (χ2v) is 6.88. The number of carbonyl (C=O) groups is 1. The van der Waals surface area contributed by atoms with Gasteiger partial charge in [-0.25, -0.2) is 0 Å². The van der Waals surface area contributed by atoms with Gasteiger partial charge in [0.25, 0.3) is 0 Å². The first kappa shape index (κ1) is 16.1. The zero-order valence-corrected chi connectivity index (χ0v) is 14.7. The predicted octanol–water partition coefficient (Wildman–Crippen LogP) is 3.11. The Hall–Kier alpha value is -1.76. The molecule has 0 aliphatic heterocycles. The van der Waals surface area contributed by atoms with Crippen molar-refractivity contribution in [3.63, 3.8) is 0 Å². The van der Waals surface area contributed by atoms with E-state index < -0.39 is 6.04 Å². The number of nitrogens with one attached hydrogen (secondary N) is 1. The maximum absolute atomic E-state index is 12.4. The van der Waals surface area contributed by atoms with Gasteiger partial charge in [0.15, 0.2) is 0 Å². The molecule has 3 rings (SSSR count). The zero-order valence-electron chi connectivity index (χ0n) is 13.1. The van der Waals surface area contributed by atoms with Crippen LogP contribution in [-0.4, -0.2) is 32.2 Å². The SMILES string of the molecule is C[C@@H](C(=O)NC1CCCCC1)n1nnc(-c2ccc(Br)cc2)n1. The minimum atomic E-state index is -0.464. The molecule has 2 aromatic rings. The van der Waals surface area contributed by atoms with Gasteiger partial charge in [0.05, 0.1) is 0 Å². The van der Waals surface area contributed by atoms with E-state index in [2.05, 4.69) is 36.7 Å². The Morgan fingerprint density at radius 3 is 2.65 bits per heavy atom. The molecule has 23 heavy (non-hydrogen) atoms. The second-order valence-electron chi connectivity index (χ2n) is 5.96. The van der Waals surface area contributed by atoms with Crippen molar-refractivity contribution in [2.45, 2.75) is 51.1 Å². The molecule has 0 radical (unpaired) electrons. The van der Waals surface area contributed by atoms with Gasteiger partial charge in [-0.05, 0) is 49.2 Å². The van der Waals surface area contributed by atoms with Crippen molar-refractivity contribution in [2.24, 2.45) is 0 Å². The van der Waals surface area contributed by atoms with Gasteiger partial charge in [0, 0.05) is 16.1 Å². The van der Waals surface area contributed by atoms with Crippen LogP contribution in [0, 0.1) is 0 Å². The van der Waals surface area contributed by atoms with E-state index in [1.807, 2.05) is 24.3 Å². The minimum Gasteiger partial charge on any atom is -0.351 e. The van der Waals surface area contributed by atoms with Crippen molar-refractivity contribution in [1.82, 2.24) is 25.5 Å². The predicted molar refractivity (Wildman–Crippen MR) is 90.7 cm³/mol. The molecule has 7 heteroatoms.